The molecule has 0 bridgehead atoms. The van der Waals surface area contributed by atoms with Crippen molar-refractivity contribution in [2.24, 2.45) is 0 Å². The number of aryl methyl sites for hydroxylation is 1. The highest BCUT2D eigenvalue weighted by Gasteiger charge is 2.08. The molecule has 0 spiro atoms. The number of H-pyrrole nitrogens is 1. The molecule has 0 atom stereocenters. The minimum absolute atomic E-state index is 0.0811. The molecule has 1 aromatic carbocycles. The van der Waals surface area contributed by atoms with Crippen LogP contribution >= 0.6 is 27.3 Å². The number of nitrogens with zero attached hydrogens (tertiary/aromatic N) is 1. The Morgan fingerprint density at radius 2 is 2.17 bits per heavy atom. The number of halogens is 1. The van der Waals surface area contributed by atoms with Crippen LogP contribution in [0.4, 0.5) is 0 Å². The summed E-state index contributed by atoms with van der Waals surface area (Å²) in [6, 6.07) is 8.13. The van der Waals surface area contributed by atoms with Crippen molar-refractivity contribution in [3.05, 3.63) is 51.0 Å². The second-order valence-electron chi connectivity index (χ2n) is 4.02. The van der Waals surface area contributed by atoms with Crippen LogP contribution in [0, 0.1) is 6.92 Å². The number of fused-ring (bicyclic) bond motifs is 1. The number of nitrogens with one attached hydrogen (secondary N) is 1. The minimum Gasteiger partial charge on any atom is -0.312 e. The molecule has 0 fully saturated rings. The van der Waals surface area contributed by atoms with Gasteiger partial charge in [-0.3, -0.25) is 4.79 Å². The molecule has 0 aliphatic carbocycles. The minimum atomic E-state index is -0.0811. The molecule has 3 aromatic rings. The molecule has 0 saturated carbocycles. The lowest BCUT2D eigenvalue weighted by Crippen LogP contribution is -2.02. The van der Waals surface area contributed by atoms with Gasteiger partial charge in [-0.05, 0) is 30.2 Å². The maximum atomic E-state index is 11.7. The molecule has 1 N–H and O–H groups in total. The Kier molecular flexibility index (Phi) is 2.80. The van der Waals surface area contributed by atoms with E-state index in [2.05, 4.69) is 44.1 Å². The smallest absolute Gasteiger partial charge is 0.268 e. The topological polar surface area (TPSA) is 45.8 Å². The maximum absolute atomic E-state index is 11.7. The highest BCUT2D eigenvalue weighted by molar-refractivity contribution is 9.10. The van der Waals surface area contributed by atoms with Crippen molar-refractivity contribution < 1.29 is 0 Å². The first-order valence-electron chi connectivity index (χ1n) is 5.39. The first-order chi connectivity index (χ1) is 8.65. The molecular formula is C13H9BrN2OS. The van der Waals surface area contributed by atoms with Crippen molar-refractivity contribution in [3.63, 3.8) is 0 Å². The Labute approximate surface area is 116 Å². The van der Waals surface area contributed by atoms with Gasteiger partial charge in [0.25, 0.3) is 5.56 Å². The molecule has 0 radical (unpaired) electrons. The summed E-state index contributed by atoms with van der Waals surface area (Å²) in [7, 11) is 0. The third-order valence-electron chi connectivity index (χ3n) is 2.77. The lowest BCUT2D eigenvalue weighted by atomic mass is 10.1. The van der Waals surface area contributed by atoms with E-state index in [1.807, 2.05) is 13.0 Å². The molecule has 18 heavy (non-hydrogen) atoms. The third-order valence-corrected chi connectivity index (χ3v) is 4.80. The fourth-order valence-corrected chi connectivity index (χ4v) is 3.14. The number of hydrogen-bond acceptors (Lipinski definition) is 3. The highest BCUT2D eigenvalue weighted by Crippen LogP contribution is 2.32. The fourth-order valence-electron chi connectivity index (χ4n) is 1.75. The van der Waals surface area contributed by atoms with E-state index in [-0.39, 0.29) is 5.56 Å². The SMILES string of the molecule is Cc1ccc(-c2cc3nc[nH]c(=O)c3s2)cc1Br. The summed E-state index contributed by atoms with van der Waals surface area (Å²) in [4.78, 5) is 19.5. The first-order valence-corrected chi connectivity index (χ1v) is 7.00. The second kappa shape index (κ2) is 4.33. The van der Waals surface area contributed by atoms with Crippen LogP contribution in [0.25, 0.3) is 20.7 Å². The van der Waals surface area contributed by atoms with Gasteiger partial charge in [-0.15, -0.1) is 11.3 Å². The quantitative estimate of drug-likeness (QED) is 0.742. The molecule has 2 aromatic heterocycles. The van der Waals surface area contributed by atoms with Crippen molar-refractivity contribution in [3.8, 4) is 10.4 Å². The number of benzene rings is 1. The Balaban J connectivity index is 2.22. The summed E-state index contributed by atoms with van der Waals surface area (Å²) in [6.07, 6.45) is 1.44. The largest absolute Gasteiger partial charge is 0.312 e. The van der Waals surface area contributed by atoms with Crippen LogP contribution in [0.3, 0.4) is 0 Å². The van der Waals surface area contributed by atoms with E-state index >= 15 is 0 Å². The number of rotatable bonds is 1. The van der Waals surface area contributed by atoms with Gasteiger partial charge in [0.1, 0.15) is 4.70 Å². The predicted molar refractivity (Wildman–Crippen MR) is 78.1 cm³/mol. The molecule has 0 unspecified atom stereocenters. The normalized spacial score (nSPS) is 11.0. The Bertz CT molecular complexity index is 791. The maximum Gasteiger partial charge on any atom is 0.268 e. The lowest BCUT2D eigenvalue weighted by molar-refractivity contribution is 1.18. The molecule has 3 nitrogen and oxygen atoms in total. The van der Waals surface area contributed by atoms with Gasteiger partial charge in [0.15, 0.2) is 0 Å². The van der Waals surface area contributed by atoms with Crippen LogP contribution in [0.2, 0.25) is 0 Å². The molecule has 0 aliphatic rings. The van der Waals surface area contributed by atoms with Crippen molar-refractivity contribution in [2.45, 2.75) is 6.92 Å². The van der Waals surface area contributed by atoms with E-state index in [1.165, 1.54) is 23.2 Å². The van der Waals surface area contributed by atoms with E-state index in [0.29, 0.717) is 4.70 Å². The second-order valence-corrected chi connectivity index (χ2v) is 5.93. The van der Waals surface area contributed by atoms with Gasteiger partial charge in [-0.25, -0.2) is 4.98 Å². The van der Waals surface area contributed by atoms with Crippen molar-refractivity contribution in [2.75, 3.05) is 0 Å². The zero-order chi connectivity index (χ0) is 12.7. The third kappa shape index (κ3) is 1.89. The van der Waals surface area contributed by atoms with Crippen molar-refractivity contribution >= 4 is 37.5 Å². The Hall–Kier alpha value is -1.46. The summed E-state index contributed by atoms with van der Waals surface area (Å²) in [6.45, 7) is 2.05. The molecule has 90 valence electrons. The van der Waals surface area contributed by atoms with Gasteiger partial charge in [-0.1, -0.05) is 28.1 Å². The van der Waals surface area contributed by atoms with Crippen molar-refractivity contribution in [1.82, 2.24) is 9.97 Å². The summed E-state index contributed by atoms with van der Waals surface area (Å²) in [5, 5.41) is 0. The molecule has 5 heteroatoms. The van der Waals surface area contributed by atoms with Gasteiger partial charge >= 0.3 is 0 Å². The summed E-state index contributed by atoms with van der Waals surface area (Å²) in [5.41, 5.74) is 2.95. The fraction of sp³-hybridized carbons (Fsp3) is 0.0769. The summed E-state index contributed by atoms with van der Waals surface area (Å²) < 4.78 is 1.74. The van der Waals surface area contributed by atoms with Gasteiger partial charge < -0.3 is 4.98 Å². The van der Waals surface area contributed by atoms with Crippen LogP contribution in [0.5, 0.6) is 0 Å². The first kappa shape index (κ1) is 11.6. The molecule has 3 rings (SSSR count). The van der Waals surface area contributed by atoms with Gasteiger partial charge in [-0.2, -0.15) is 0 Å². The van der Waals surface area contributed by atoms with Gasteiger partial charge in [0.05, 0.1) is 11.8 Å². The van der Waals surface area contributed by atoms with Gasteiger partial charge in [0.2, 0.25) is 0 Å². The van der Waals surface area contributed by atoms with E-state index in [9.17, 15) is 4.79 Å². The Morgan fingerprint density at radius 3 is 2.89 bits per heavy atom. The van der Waals surface area contributed by atoms with E-state index < -0.39 is 0 Å². The lowest BCUT2D eigenvalue weighted by Gasteiger charge is -2.01. The predicted octanol–water partition coefficient (Wildman–Crippen LogP) is 3.72. The summed E-state index contributed by atoms with van der Waals surface area (Å²) >= 11 is 4.99. The standard InChI is InChI=1S/C13H9BrN2OS/c1-7-2-3-8(4-9(7)14)11-5-10-12(18-11)13(17)16-6-15-10/h2-6H,1H3,(H,15,16,17). The van der Waals surface area contributed by atoms with Gasteiger partial charge in [0, 0.05) is 9.35 Å². The molecule has 2 heterocycles. The molecule has 0 aliphatic heterocycles. The highest BCUT2D eigenvalue weighted by atomic mass is 79.9. The number of aromatic nitrogens is 2. The van der Waals surface area contributed by atoms with E-state index in [4.69, 9.17) is 0 Å². The molecule has 0 amide bonds. The van der Waals surface area contributed by atoms with Crippen LogP contribution in [-0.2, 0) is 0 Å². The Morgan fingerprint density at radius 1 is 1.33 bits per heavy atom. The van der Waals surface area contributed by atoms with Crippen LogP contribution in [-0.4, -0.2) is 9.97 Å². The summed E-state index contributed by atoms with van der Waals surface area (Å²) in [5.74, 6) is 0. The number of thiophene rings is 1. The number of aromatic amines is 1. The average molecular weight is 321 g/mol. The number of hydrogen-bond donors (Lipinski definition) is 1. The van der Waals surface area contributed by atoms with Crippen LogP contribution in [0.1, 0.15) is 5.56 Å². The van der Waals surface area contributed by atoms with Crippen LogP contribution in [0.15, 0.2) is 39.9 Å². The average Bonchev–Trinajstić information content (AvgIpc) is 2.78. The van der Waals surface area contributed by atoms with Crippen molar-refractivity contribution in [1.29, 1.82) is 0 Å². The van der Waals surface area contributed by atoms with E-state index in [0.717, 1.165) is 20.4 Å². The zero-order valence-electron chi connectivity index (χ0n) is 9.53. The molecular weight excluding hydrogens is 312 g/mol. The van der Waals surface area contributed by atoms with E-state index in [1.54, 1.807) is 0 Å². The molecule has 0 saturated heterocycles. The van der Waals surface area contributed by atoms with Crippen LogP contribution < -0.4 is 5.56 Å². The monoisotopic (exact) mass is 320 g/mol. The zero-order valence-corrected chi connectivity index (χ0v) is 11.9.